The number of amides is 1. The van der Waals surface area contributed by atoms with Crippen LogP contribution in [0.1, 0.15) is 62.8 Å². The van der Waals surface area contributed by atoms with Gasteiger partial charge in [-0.2, -0.15) is 13.2 Å². The average Bonchev–Trinajstić information content (AvgIpc) is 3.19. The van der Waals surface area contributed by atoms with E-state index in [1.165, 1.54) is 0 Å². The number of methoxy groups -OCH3 is 1. The lowest BCUT2D eigenvalue weighted by molar-refractivity contribution is -0.147. The van der Waals surface area contributed by atoms with Gasteiger partial charge >= 0.3 is 6.18 Å². The van der Waals surface area contributed by atoms with Gasteiger partial charge in [0.2, 0.25) is 5.91 Å². The summed E-state index contributed by atoms with van der Waals surface area (Å²) in [5.74, 6) is -0.0951. The normalized spacial score (nSPS) is 29.8. The van der Waals surface area contributed by atoms with Gasteiger partial charge in [-0.15, -0.1) is 0 Å². The Morgan fingerprint density at radius 3 is 2.83 bits per heavy atom. The Hall–Kier alpha value is -1.75. The quantitative estimate of drug-likeness (QED) is 0.626. The molecule has 0 bridgehead atoms. The van der Waals surface area contributed by atoms with Crippen LogP contribution in [0.3, 0.4) is 0 Å². The SMILES string of the molecule is COC1COCCC1N[C@@H]1CC[C@](CC(C)(C)O)(C(=O)N2CCc3ncc(C(F)(F)F)cc3C2)C1. The van der Waals surface area contributed by atoms with Gasteiger partial charge < -0.3 is 24.8 Å². The van der Waals surface area contributed by atoms with E-state index in [9.17, 15) is 23.1 Å². The molecule has 1 aliphatic carbocycles. The van der Waals surface area contributed by atoms with Crippen molar-refractivity contribution in [3.63, 3.8) is 0 Å². The lowest BCUT2D eigenvalue weighted by Crippen LogP contribution is -2.52. The molecular weight excluding hydrogens is 463 g/mol. The summed E-state index contributed by atoms with van der Waals surface area (Å²) in [6, 6.07) is 1.32. The predicted octanol–water partition coefficient (Wildman–Crippen LogP) is 3.08. The van der Waals surface area contributed by atoms with Gasteiger partial charge in [0.1, 0.15) is 0 Å². The summed E-state index contributed by atoms with van der Waals surface area (Å²) in [6.07, 6.45) is -0.198. The molecule has 0 radical (unpaired) electrons. The molecule has 3 heterocycles. The van der Waals surface area contributed by atoms with Gasteiger partial charge in [0.25, 0.3) is 0 Å². The van der Waals surface area contributed by atoms with Crippen LogP contribution in [0.15, 0.2) is 12.3 Å². The summed E-state index contributed by atoms with van der Waals surface area (Å²) >= 11 is 0. The van der Waals surface area contributed by atoms with E-state index in [0.29, 0.717) is 56.7 Å². The highest BCUT2D eigenvalue weighted by Crippen LogP contribution is 2.46. The number of aromatic nitrogens is 1. The summed E-state index contributed by atoms with van der Waals surface area (Å²) < 4.78 is 50.8. The lowest BCUT2D eigenvalue weighted by atomic mass is 9.75. The molecule has 4 rings (SSSR count). The molecule has 1 aromatic heterocycles. The fourth-order valence-corrected chi connectivity index (χ4v) is 6.05. The Morgan fingerprint density at radius 2 is 2.14 bits per heavy atom. The number of hydrogen-bond acceptors (Lipinski definition) is 6. The molecule has 7 nitrogen and oxygen atoms in total. The summed E-state index contributed by atoms with van der Waals surface area (Å²) in [5.41, 5.74) is -1.59. The van der Waals surface area contributed by atoms with Crippen molar-refractivity contribution in [1.82, 2.24) is 15.2 Å². The zero-order valence-corrected chi connectivity index (χ0v) is 20.7. The van der Waals surface area contributed by atoms with Crippen LogP contribution >= 0.6 is 0 Å². The highest BCUT2D eigenvalue weighted by Gasteiger charge is 2.50. The summed E-state index contributed by atoms with van der Waals surface area (Å²) in [4.78, 5) is 19.6. The number of ether oxygens (including phenoxy) is 2. The molecule has 10 heteroatoms. The first kappa shape index (κ1) is 26.3. The molecule has 35 heavy (non-hydrogen) atoms. The predicted molar refractivity (Wildman–Crippen MR) is 123 cm³/mol. The number of nitrogens with zero attached hydrogens (tertiary/aromatic N) is 2. The van der Waals surface area contributed by atoms with Crippen LogP contribution in [-0.4, -0.2) is 71.6 Å². The van der Waals surface area contributed by atoms with E-state index in [4.69, 9.17) is 9.47 Å². The minimum atomic E-state index is -4.48. The Labute approximate surface area is 204 Å². The number of hydrogen-bond donors (Lipinski definition) is 2. The number of carbonyl (C=O) groups is 1. The zero-order valence-electron chi connectivity index (χ0n) is 20.7. The van der Waals surface area contributed by atoms with Crippen LogP contribution in [0.2, 0.25) is 0 Å². The smallest absolute Gasteiger partial charge is 0.390 e. The summed E-state index contributed by atoms with van der Waals surface area (Å²) in [7, 11) is 1.66. The number of halogens is 3. The van der Waals surface area contributed by atoms with E-state index in [-0.39, 0.29) is 30.6 Å². The molecule has 4 atom stereocenters. The fraction of sp³-hybridized carbons (Fsp3) is 0.760. The van der Waals surface area contributed by atoms with Crippen molar-refractivity contribution in [2.75, 3.05) is 26.9 Å². The number of fused-ring (bicyclic) bond motifs is 1. The van der Waals surface area contributed by atoms with Gasteiger partial charge in [-0.1, -0.05) is 0 Å². The number of aliphatic hydroxyl groups is 1. The van der Waals surface area contributed by atoms with Gasteiger partial charge in [0, 0.05) is 57.2 Å². The highest BCUT2D eigenvalue weighted by molar-refractivity contribution is 5.83. The molecule has 0 aromatic carbocycles. The topological polar surface area (TPSA) is 83.9 Å². The van der Waals surface area contributed by atoms with Crippen LogP contribution in [0, 0.1) is 5.41 Å². The van der Waals surface area contributed by atoms with Crippen LogP contribution in [0.25, 0.3) is 0 Å². The van der Waals surface area contributed by atoms with E-state index in [0.717, 1.165) is 25.1 Å². The van der Waals surface area contributed by atoms with E-state index in [2.05, 4.69) is 10.3 Å². The molecular formula is C25H36F3N3O4. The van der Waals surface area contributed by atoms with Crippen LogP contribution in [0.5, 0.6) is 0 Å². The Morgan fingerprint density at radius 1 is 1.37 bits per heavy atom. The number of carbonyl (C=O) groups excluding carboxylic acids is 1. The van der Waals surface area contributed by atoms with Gasteiger partial charge in [-0.05, 0) is 57.6 Å². The van der Waals surface area contributed by atoms with Gasteiger partial charge in [0.05, 0.1) is 29.3 Å². The van der Waals surface area contributed by atoms with E-state index < -0.39 is 22.8 Å². The molecule has 2 N–H and O–H groups in total. The molecule has 2 unspecified atom stereocenters. The van der Waals surface area contributed by atoms with Gasteiger partial charge in [-0.25, -0.2) is 0 Å². The fourth-order valence-electron chi connectivity index (χ4n) is 6.05. The largest absolute Gasteiger partial charge is 0.417 e. The van der Waals surface area contributed by atoms with E-state index >= 15 is 0 Å². The standard InChI is InChI=1S/C25H36F3N3O4/c1-23(2,33)15-24(7-4-18(11-24)30-20-6-9-35-14-21(20)34-3)22(32)31-8-5-19-16(13-31)10-17(12-29-19)25(26,27)28/h10,12,18,20-21,30,33H,4-9,11,13-15H2,1-3H3/t18-,20?,21?,24+/m1/s1. The first-order chi connectivity index (χ1) is 16.4. The molecule has 196 valence electrons. The maximum Gasteiger partial charge on any atom is 0.417 e. The molecule has 2 fully saturated rings. The zero-order chi connectivity index (χ0) is 25.4. The van der Waals surface area contributed by atoms with Crippen molar-refractivity contribution in [2.24, 2.45) is 5.41 Å². The third-order valence-corrected chi connectivity index (χ3v) is 7.54. The second kappa shape index (κ2) is 9.95. The molecule has 1 aromatic rings. The molecule has 2 aliphatic heterocycles. The molecule has 3 aliphatic rings. The first-order valence-corrected chi connectivity index (χ1v) is 12.3. The molecule has 0 spiro atoms. The summed E-state index contributed by atoms with van der Waals surface area (Å²) in [6.45, 7) is 5.08. The maximum atomic E-state index is 13.9. The second-order valence-electron chi connectivity index (χ2n) is 10.9. The minimum absolute atomic E-state index is 0.0577. The molecule has 1 saturated heterocycles. The van der Waals surface area contributed by atoms with Crippen molar-refractivity contribution in [2.45, 2.75) is 88.9 Å². The Balaban J connectivity index is 1.52. The highest BCUT2D eigenvalue weighted by atomic mass is 19.4. The van der Waals surface area contributed by atoms with Crippen molar-refractivity contribution in [3.8, 4) is 0 Å². The first-order valence-electron chi connectivity index (χ1n) is 12.3. The number of nitrogens with one attached hydrogen (secondary N) is 1. The summed E-state index contributed by atoms with van der Waals surface area (Å²) in [5, 5.41) is 14.4. The number of alkyl halides is 3. The monoisotopic (exact) mass is 499 g/mol. The Bertz CT molecular complexity index is 920. The maximum absolute atomic E-state index is 13.9. The third-order valence-electron chi connectivity index (χ3n) is 7.54. The third kappa shape index (κ3) is 5.98. The van der Waals surface area contributed by atoms with Crippen LogP contribution < -0.4 is 5.32 Å². The van der Waals surface area contributed by atoms with Crippen LogP contribution in [-0.2, 0) is 33.4 Å². The molecule has 1 amide bonds. The van der Waals surface area contributed by atoms with Crippen LogP contribution in [0.4, 0.5) is 13.2 Å². The van der Waals surface area contributed by atoms with E-state index in [1.807, 2.05) is 0 Å². The average molecular weight is 500 g/mol. The van der Waals surface area contributed by atoms with Crippen molar-refractivity contribution in [1.29, 1.82) is 0 Å². The van der Waals surface area contributed by atoms with Crippen molar-refractivity contribution < 1.29 is 32.5 Å². The minimum Gasteiger partial charge on any atom is -0.390 e. The number of rotatable bonds is 6. The van der Waals surface area contributed by atoms with E-state index in [1.54, 1.807) is 25.9 Å². The van der Waals surface area contributed by atoms with Crippen molar-refractivity contribution in [3.05, 3.63) is 29.1 Å². The van der Waals surface area contributed by atoms with Gasteiger partial charge in [-0.3, -0.25) is 9.78 Å². The number of pyridine rings is 1. The second-order valence-corrected chi connectivity index (χ2v) is 10.9. The van der Waals surface area contributed by atoms with Crippen molar-refractivity contribution >= 4 is 5.91 Å². The van der Waals surface area contributed by atoms with Gasteiger partial charge in [0.15, 0.2) is 0 Å². The molecule has 1 saturated carbocycles. The lowest BCUT2D eigenvalue weighted by Gasteiger charge is -2.40. The Kier molecular flexibility index (Phi) is 7.48.